The molecule has 0 radical (unpaired) electrons. The summed E-state index contributed by atoms with van der Waals surface area (Å²) in [5, 5.41) is 10.7. The SMILES string of the molecule is COc1c(Br)cc(Cl)cc1C(O)c1c(F)ccc(C)c1F. The van der Waals surface area contributed by atoms with Crippen molar-refractivity contribution in [2.24, 2.45) is 0 Å². The molecule has 0 saturated carbocycles. The zero-order valence-corrected chi connectivity index (χ0v) is 13.6. The van der Waals surface area contributed by atoms with Crippen LogP contribution in [-0.2, 0) is 0 Å². The number of rotatable bonds is 3. The van der Waals surface area contributed by atoms with Crippen molar-refractivity contribution in [3.8, 4) is 5.75 Å². The zero-order chi connectivity index (χ0) is 15.7. The molecule has 0 aliphatic carbocycles. The molecule has 2 nitrogen and oxygen atoms in total. The Balaban J connectivity index is 2.66. The van der Waals surface area contributed by atoms with Gasteiger partial charge in [-0.05, 0) is 46.6 Å². The summed E-state index contributed by atoms with van der Waals surface area (Å²) >= 11 is 9.18. The summed E-state index contributed by atoms with van der Waals surface area (Å²) in [7, 11) is 1.40. The van der Waals surface area contributed by atoms with Crippen LogP contribution in [-0.4, -0.2) is 12.2 Å². The van der Waals surface area contributed by atoms with Crippen molar-refractivity contribution in [2.45, 2.75) is 13.0 Å². The maximum atomic E-state index is 14.1. The third-order valence-electron chi connectivity index (χ3n) is 3.13. The molecule has 2 aromatic carbocycles. The van der Waals surface area contributed by atoms with Crippen molar-refractivity contribution in [1.82, 2.24) is 0 Å². The Labute approximate surface area is 134 Å². The van der Waals surface area contributed by atoms with E-state index in [0.29, 0.717) is 9.50 Å². The van der Waals surface area contributed by atoms with Crippen LogP contribution in [0.5, 0.6) is 5.75 Å². The topological polar surface area (TPSA) is 29.5 Å². The van der Waals surface area contributed by atoms with Crippen molar-refractivity contribution >= 4 is 27.5 Å². The van der Waals surface area contributed by atoms with E-state index in [1.54, 1.807) is 6.07 Å². The van der Waals surface area contributed by atoms with Gasteiger partial charge in [-0.1, -0.05) is 17.7 Å². The van der Waals surface area contributed by atoms with Gasteiger partial charge >= 0.3 is 0 Å². The number of aliphatic hydroxyl groups is 1. The van der Waals surface area contributed by atoms with Crippen molar-refractivity contribution in [2.75, 3.05) is 7.11 Å². The molecule has 0 fully saturated rings. The molecule has 0 spiro atoms. The van der Waals surface area contributed by atoms with Gasteiger partial charge in [-0.15, -0.1) is 0 Å². The van der Waals surface area contributed by atoms with Gasteiger partial charge in [0, 0.05) is 10.6 Å². The molecule has 0 heterocycles. The van der Waals surface area contributed by atoms with E-state index in [1.807, 2.05) is 0 Å². The van der Waals surface area contributed by atoms with Crippen LogP contribution < -0.4 is 4.74 Å². The fourth-order valence-corrected chi connectivity index (χ4v) is 3.08. The molecule has 21 heavy (non-hydrogen) atoms. The number of aryl methyl sites for hydroxylation is 1. The second kappa shape index (κ2) is 6.30. The lowest BCUT2D eigenvalue weighted by atomic mass is 9.98. The van der Waals surface area contributed by atoms with Crippen molar-refractivity contribution in [3.05, 3.63) is 62.1 Å². The minimum absolute atomic E-state index is 0.181. The van der Waals surface area contributed by atoms with Crippen molar-refractivity contribution in [3.63, 3.8) is 0 Å². The zero-order valence-electron chi connectivity index (χ0n) is 11.3. The van der Waals surface area contributed by atoms with E-state index in [-0.39, 0.29) is 16.9 Å². The highest BCUT2D eigenvalue weighted by Crippen LogP contribution is 2.39. The summed E-state index contributed by atoms with van der Waals surface area (Å²) in [5.41, 5.74) is -0.00625. The van der Waals surface area contributed by atoms with Crippen LogP contribution in [0, 0.1) is 18.6 Å². The molecule has 6 heteroatoms. The highest BCUT2D eigenvalue weighted by molar-refractivity contribution is 9.10. The van der Waals surface area contributed by atoms with Crippen LogP contribution in [0.1, 0.15) is 22.8 Å². The molecule has 112 valence electrons. The van der Waals surface area contributed by atoms with Gasteiger partial charge in [-0.2, -0.15) is 0 Å². The Kier molecular flexibility index (Phi) is 4.86. The molecule has 1 unspecified atom stereocenters. The van der Waals surface area contributed by atoms with E-state index in [9.17, 15) is 13.9 Å². The maximum absolute atomic E-state index is 14.1. The predicted molar refractivity (Wildman–Crippen MR) is 80.9 cm³/mol. The van der Waals surface area contributed by atoms with E-state index in [2.05, 4.69) is 15.9 Å². The summed E-state index contributed by atoms with van der Waals surface area (Å²) in [4.78, 5) is 0. The van der Waals surface area contributed by atoms with Crippen molar-refractivity contribution < 1.29 is 18.6 Å². The fourth-order valence-electron chi connectivity index (χ4n) is 2.08. The van der Waals surface area contributed by atoms with Gasteiger partial charge < -0.3 is 9.84 Å². The molecule has 1 atom stereocenters. The average Bonchev–Trinajstić information content (AvgIpc) is 2.42. The van der Waals surface area contributed by atoms with E-state index in [1.165, 1.54) is 26.2 Å². The number of hydrogen-bond donors (Lipinski definition) is 1. The molecule has 1 N–H and O–H groups in total. The number of methoxy groups -OCH3 is 1. The smallest absolute Gasteiger partial charge is 0.139 e. The van der Waals surface area contributed by atoms with Gasteiger partial charge in [0.2, 0.25) is 0 Å². The molecule has 0 bridgehead atoms. The molecule has 0 saturated heterocycles. The summed E-state index contributed by atoms with van der Waals surface area (Å²) in [6, 6.07) is 5.41. The highest BCUT2D eigenvalue weighted by atomic mass is 79.9. The van der Waals surface area contributed by atoms with Gasteiger partial charge in [0.25, 0.3) is 0 Å². The van der Waals surface area contributed by atoms with Crippen LogP contribution >= 0.6 is 27.5 Å². The second-order valence-electron chi connectivity index (χ2n) is 4.50. The average molecular weight is 378 g/mol. The molecule has 0 aliphatic rings. The highest BCUT2D eigenvalue weighted by Gasteiger charge is 2.25. The molecule has 0 aliphatic heterocycles. The van der Waals surface area contributed by atoms with Crippen molar-refractivity contribution in [1.29, 1.82) is 0 Å². The molecule has 2 aromatic rings. The molecular formula is C15H12BrClF2O2. The Morgan fingerprint density at radius 3 is 2.57 bits per heavy atom. The Morgan fingerprint density at radius 1 is 1.29 bits per heavy atom. The minimum atomic E-state index is -1.53. The summed E-state index contributed by atoms with van der Waals surface area (Å²) in [6.45, 7) is 1.50. The fraction of sp³-hybridized carbons (Fsp3) is 0.200. The van der Waals surface area contributed by atoms with Crippen LogP contribution in [0.3, 0.4) is 0 Å². The third-order valence-corrected chi connectivity index (χ3v) is 3.94. The van der Waals surface area contributed by atoms with Gasteiger partial charge in [0.15, 0.2) is 0 Å². The normalized spacial score (nSPS) is 12.3. The van der Waals surface area contributed by atoms with Gasteiger partial charge in [-0.3, -0.25) is 0 Å². The number of benzene rings is 2. The quantitative estimate of drug-likeness (QED) is 0.834. The summed E-state index contributed by atoms with van der Waals surface area (Å²) in [5.74, 6) is -1.35. The van der Waals surface area contributed by atoms with Crippen LogP contribution in [0.25, 0.3) is 0 Å². The molecule has 2 rings (SSSR count). The minimum Gasteiger partial charge on any atom is -0.495 e. The van der Waals surface area contributed by atoms with Gasteiger partial charge in [0.1, 0.15) is 23.5 Å². The standard InChI is InChI=1S/C15H12BrClF2O2/c1-7-3-4-11(18)12(13(7)19)14(20)9-5-8(17)6-10(16)15(9)21-2/h3-6,14,20H,1-2H3. The number of halogens is 4. The van der Waals surface area contributed by atoms with Gasteiger partial charge in [0.05, 0.1) is 17.1 Å². The van der Waals surface area contributed by atoms with E-state index >= 15 is 0 Å². The Morgan fingerprint density at radius 2 is 1.95 bits per heavy atom. The van der Waals surface area contributed by atoms with Crippen LogP contribution in [0.4, 0.5) is 8.78 Å². The lowest BCUT2D eigenvalue weighted by Crippen LogP contribution is -2.09. The Bertz CT molecular complexity index is 692. The predicted octanol–water partition coefficient (Wildman–Crippen LogP) is 4.78. The summed E-state index contributed by atoms with van der Waals surface area (Å²) in [6.07, 6.45) is -1.53. The lowest BCUT2D eigenvalue weighted by molar-refractivity contribution is 0.203. The van der Waals surface area contributed by atoms with E-state index < -0.39 is 23.3 Å². The van der Waals surface area contributed by atoms with Crippen LogP contribution in [0.2, 0.25) is 5.02 Å². The Hall–Kier alpha value is -1.17. The number of hydrogen-bond acceptors (Lipinski definition) is 2. The monoisotopic (exact) mass is 376 g/mol. The lowest BCUT2D eigenvalue weighted by Gasteiger charge is -2.18. The third kappa shape index (κ3) is 3.05. The second-order valence-corrected chi connectivity index (χ2v) is 5.80. The first kappa shape index (κ1) is 16.2. The van der Waals surface area contributed by atoms with Crippen LogP contribution in [0.15, 0.2) is 28.7 Å². The van der Waals surface area contributed by atoms with E-state index in [0.717, 1.165) is 6.07 Å². The first-order valence-corrected chi connectivity index (χ1v) is 7.19. The largest absolute Gasteiger partial charge is 0.495 e. The first-order valence-electron chi connectivity index (χ1n) is 6.02. The summed E-state index contributed by atoms with van der Waals surface area (Å²) < 4.78 is 33.7. The molecule has 0 aromatic heterocycles. The number of ether oxygens (including phenoxy) is 1. The van der Waals surface area contributed by atoms with E-state index in [4.69, 9.17) is 16.3 Å². The first-order chi connectivity index (χ1) is 9.86. The number of aliphatic hydroxyl groups excluding tert-OH is 1. The molecular weight excluding hydrogens is 366 g/mol. The maximum Gasteiger partial charge on any atom is 0.139 e. The van der Waals surface area contributed by atoms with Gasteiger partial charge in [-0.25, -0.2) is 8.78 Å². The molecule has 0 amide bonds.